The highest BCUT2D eigenvalue weighted by molar-refractivity contribution is 5.35. The number of allylic oxidation sites excluding steroid dienone is 2. The Kier molecular flexibility index (Phi) is 4.28. The lowest BCUT2D eigenvalue weighted by Gasteiger charge is -2.32. The molecule has 0 amide bonds. The van der Waals surface area contributed by atoms with Gasteiger partial charge in [-0.1, -0.05) is 29.7 Å². The number of hydrogen-bond donors (Lipinski definition) is 1. The van der Waals surface area contributed by atoms with Gasteiger partial charge in [-0.15, -0.1) is 0 Å². The second kappa shape index (κ2) is 5.79. The van der Waals surface area contributed by atoms with Crippen LogP contribution in [0.4, 0.5) is 0 Å². The van der Waals surface area contributed by atoms with Crippen molar-refractivity contribution in [3.05, 3.63) is 22.8 Å². The zero-order valence-corrected chi connectivity index (χ0v) is 14.9. The molecule has 1 fully saturated rings. The number of rotatable bonds is 4. The summed E-state index contributed by atoms with van der Waals surface area (Å²) in [5.74, 6) is 1.28. The summed E-state index contributed by atoms with van der Waals surface area (Å²) in [6, 6.07) is 0. The predicted octanol–water partition coefficient (Wildman–Crippen LogP) is 4.63. The third kappa shape index (κ3) is 2.92. The van der Waals surface area contributed by atoms with E-state index in [0.29, 0.717) is 23.9 Å². The molecule has 3 rings (SSSR count). The van der Waals surface area contributed by atoms with Crippen LogP contribution in [0, 0.1) is 17.8 Å². The molecule has 5 atom stereocenters. The van der Waals surface area contributed by atoms with Gasteiger partial charge >= 0.3 is 0 Å². The van der Waals surface area contributed by atoms with Gasteiger partial charge in [-0.3, -0.25) is 0 Å². The van der Waals surface area contributed by atoms with Crippen LogP contribution in [-0.2, 0) is 4.74 Å². The number of ether oxygens (including phenoxy) is 1. The summed E-state index contributed by atoms with van der Waals surface area (Å²) in [4.78, 5) is 0. The molecule has 124 valence electrons. The van der Waals surface area contributed by atoms with Gasteiger partial charge in [0.25, 0.3) is 0 Å². The van der Waals surface area contributed by atoms with E-state index in [4.69, 9.17) is 4.74 Å². The third-order valence-electron chi connectivity index (χ3n) is 6.47. The molecular formula is C20H32O2. The van der Waals surface area contributed by atoms with Crippen molar-refractivity contribution in [2.24, 2.45) is 17.8 Å². The van der Waals surface area contributed by atoms with Gasteiger partial charge in [0.2, 0.25) is 0 Å². The van der Waals surface area contributed by atoms with Crippen LogP contribution in [0.25, 0.3) is 0 Å². The normalized spacial score (nSPS) is 38.4. The Morgan fingerprint density at radius 3 is 2.68 bits per heavy atom. The molecule has 1 heterocycles. The Hall–Kier alpha value is -0.600. The SMILES string of the molecule is CC1=CCC2=C(C)CCC(C(C)CCC3OC3(C)C)C(O)C12. The van der Waals surface area contributed by atoms with Crippen LogP contribution >= 0.6 is 0 Å². The molecule has 0 radical (unpaired) electrons. The highest BCUT2D eigenvalue weighted by Gasteiger charge is 2.47. The predicted molar refractivity (Wildman–Crippen MR) is 90.6 cm³/mol. The number of aliphatic hydroxyl groups is 1. The van der Waals surface area contributed by atoms with Gasteiger partial charge in [-0.25, -0.2) is 0 Å². The quantitative estimate of drug-likeness (QED) is 0.606. The van der Waals surface area contributed by atoms with E-state index in [1.165, 1.54) is 23.1 Å². The Balaban J connectivity index is 1.65. The fraction of sp³-hybridized carbons (Fsp3) is 0.800. The summed E-state index contributed by atoms with van der Waals surface area (Å²) >= 11 is 0. The van der Waals surface area contributed by atoms with Crippen molar-refractivity contribution in [1.82, 2.24) is 0 Å². The first-order valence-corrected chi connectivity index (χ1v) is 9.02. The van der Waals surface area contributed by atoms with Crippen molar-refractivity contribution in [1.29, 1.82) is 0 Å². The Morgan fingerprint density at radius 2 is 2.05 bits per heavy atom. The number of hydrogen-bond acceptors (Lipinski definition) is 2. The lowest BCUT2D eigenvalue weighted by atomic mass is 9.77. The minimum atomic E-state index is -0.200. The largest absolute Gasteiger partial charge is 0.392 e. The standard InChI is InChI=1S/C20H32O2/c1-12-6-10-16(13(2)8-11-17-20(4,5)22-17)19(21)18-14(3)7-9-15(12)18/h7,13,16-19,21H,6,8-11H2,1-5H3. The molecule has 0 spiro atoms. The van der Waals surface area contributed by atoms with E-state index in [-0.39, 0.29) is 11.7 Å². The summed E-state index contributed by atoms with van der Waals surface area (Å²) in [5, 5.41) is 11.1. The van der Waals surface area contributed by atoms with Crippen molar-refractivity contribution in [2.45, 2.75) is 84.5 Å². The first-order valence-electron chi connectivity index (χ1n) is 9.02. The second-order valence-electron chi connectivity index (χ2n) is 8.39. The van der Waals surface area contributed by atoms with Gasteiger partial charge in [0.05, 0.1) is 17.8 Å². The van der Waals surface area contributed by atoms with E-state index in [2.05, 4.69) is 40.7 Å². The van der Waals surface area contributed by atoms with Gasteiger partial charge in [0.15, 0.2) is 0 Å². The van der Waals surface area contributed by atoms with Crippen molar-refractivity contribution in [3.63, 3.8) is 0 Å². The minimum absolute atomic E-state index is 0.0951. The van der Waals surface area contributed by atoms with Crippen LogP contribution in [0.15, 0.2) is 22.8 Å². The van der Waals surface area contributed by atoms with Crippen LogP contribution in [0.1, 0.15) is 66.7 Å². The van der Waals surface area contributed by atoms with Crippen LogP contribution in [0.3, 0.4) is 0 Å². The molecule has 3 aliphatic rings. The molecule has 0 saturated carbocycles. The third-order valence-corrected chi connectivity index (χ3v) is 6.47. The second-order valence-corrected chi connectivity index (χ2v) is 8.39. The molecule has 2 nitrogen and oxygen atoms in total. The molecular weight excluding hydrogens is 272 g/mol. The zero-order chi connectivity index (χ0) is 16.1. The topological polar surface area (TPSA) is 32.8 Å². The van der Waals surface area contributed by atoms with Crippen molar-refractivity contribution >= 4 is 0 Å². The van der Waals surface area contributed by atoms with Crippen LogP contribution < -0.4 is 0 Å². The summed E-state index contributed by atoms with van der Waals surface area (Å²) in [6.45, 7) is 11.2. The molecule has 1 saturated heterocycles. The fourth-order valence-corrected chi connectivity index (χ4v) is 4.67. The lowest BCUT2D eigenvalue weighted by Crippen LogP contribution is -2.33. The van der Waals surface area contributed by atoms with Crippen LogP contribution in [0.5, 0.6) is 0 Å². The molecule has 1 N–H and O–H groups in total. The van der Waals surface area contributed by atoms with E-state index in [1.54, 1.807) is 0 Å². The Labute approximate surface area is 135 Å². The molecule has 0 aromatic heterocycles. The summed E-state index contributed by atoms with van der Waals surface area (Å²) in [5.41, 5.74) is 4.51. The molecule has 5 unspecified atom stereocenters. The number of fused-ring (bicyclic) bond motifs is 1. The molecule has 0 aromatic rings. The minimum Gasteiger partial charge on any atom is -0.392 e. The Morgan fingerprint density at radius 1 is 1.36 bits per heavy atom. The summed E-state index contributed by atoms with van der Waals surface area (Å²) in [6.07, 6.45) is 8.21. The maximum atomic E-state index is 11.1. The van der Waals surface area contributed by atoms with Gasteiger partial charge in [0.1, 0.15) is 0 Å². The average molecular weight is 304 g/mol. The molecule has 0 aromatic carbocycles. The van der Waals surface area contributed by atoms with Crippen molar-refractivity contribution in [2.75, 3.05) is 0 Å². The highest BCUT2D eigenvalue weighted by atomic mass is 16.6. The Bertz CT molecular complexity index is 500. The van der Waals surface area contributed by atoms with E-state index in [1.807, 2.05) is 0 Å². The fourth-order valence-electron chi connectivity index (χ4n) is 4.67. The maximum absolute atomic E-state index is 11.1. The molecule has 2 heteroatoms. The highest BCUT2D eigenvalue weighted by Crippen LogP contribution is 2.46. The zero-order valence-electron chi connectivity index (χ0n) is 14.9. The lowest BCUT2D eigenvalue weighted by molar-refractivity contribution is 0.0465. The van der Waals surface area contributed by atoms with Crippen LogP contribution in [0.2, 0.25) is 0 Å². The van der Waals surface area contributed by atoms with E-state index in [0.717, 1.165) is 25.7 Å². The van der Waals surface area contributed by atoms with Gasteiger partial charge < -0.3 is 9.84 Å². The number of aliphatic hydroxyl groups excluding tert-OH is 1. The maximum Gasteiger partial charge on any atom is 0.0892 e. The first-order chi connectivity index (χ1) is 10.3. The van der Waals surface area contributed by atoms with E-state index < -0.39 is 0 Å². The van der Waals surface area contributed by atoms with Gasteiger partial charge in [-0.2, -0.15) is 0 Å². The van der Waals surface area contributed by atoms with Crippen LogP contribution in [-0.4, -0.2) is 22.9 Å². The van der Waals surface area contributed by atoms with E-state index >= 15 is 0 Å². The molecule has 1 aliphatic heterocycles. The summed E-state index contributed by atoms with van der Waals surface area (Å²) < 4.78 is 5.72. The monoisotopic (exact) mass is 304 g/mol. The van der Waals surface area contributed by atoms with E-state index in [9.17, 15) is 5.11 Å². The first kappa shape index (κ1) is 16.3. The molecule has 22 heavy (non-hydrogen) atoms. The van der Waals surface area contributed by atoms with Crippen molar-refractivity contribution in [3.8, 4) is 0 Å². The molecule has 0 bridgehead atoms. The van der Waals surface area contributed by atoms with Gasteiger partial charge in [-0.05, 0) is 71.6 Å². The smallest absolute Gasteiger partial charge is 0.0892 e. The summed E-state index contributed by atoms with van der Waals surface area (Å²) in [7, 11) is 0. The average Bonchev–Trinajstić information content (AvgIpc) is 2.91. The number of epoxide rings is 1. The molecule has 2 aliphatic carbocycles. The van der Waals surface area contributed by atoms with Gasteiger partial charge in [0, 0.05) is 5.92 Å². The van der Waals surface area contributed by atoms with Crippen molar-refractivity contribution < 1.29 is 9.84 Å².